The average molecular weight is 300 g/mol. The summed E-state index contributed by atoms with van der Waals surface area (Å²) < 4.78 is 0. The van der Waals surface area contributed by atoms with Gasteiger partial charge in [0.15, 0.2) is 0 Å². The number of halogens is 1. The van der Waals surface area contributed by atoms with Gasteiger partial charge in [-0.3, -0.25) is 11.3 Å². The minimum Gasteiger partial charge on any atom is -0.300 e. The Labute approximate surface area is 124 Å². The molecule has 19 heavy (non-hydrogen) atoms. The number of nitrogens with two attached hydrogens (primary N) is 1. The zero-order chi connectivity index (χ0) is 13.8. The molecule has 1 saturated heterocycles. The molecule has 1 aromatic rings. The van der Waals surface area contributed by atoms with Crippen LogP contribution in [0.15, 0.2) is 18.2 Å². The fraction of sp³-hybridized carbons (Fsp3) is 0.571. The number of likely N-dealkylation sites (N-methyl/N-ethyl adjacent to an activating group) is 1. The molecular weight excluding hydrogens is 278 g/mol. The minimum absolute atomic E-state index is 0.234. The van der Waals surface area contributed by atoms with Gasteiger partial charge in [0, 0.05) is 35.2 Å². The predicted molar refractivity (Wildman–Crippen MR) is 84.7 cm³/mol. The lowest BCUT2D eigenvalue weighted by atomic mass is 9.99. The number of hydrogen-bond donors (Lipinski definition) is 2. The van der Waals surface area contributed by atoms with Crippen LogP contribution in [0, 0.1) is 6.92 Å². The molecular formula is C14H22ClN3S. The van der Waals surface area contributed by atoms with E-state index in [2.05, 4.69) is 36.4 Å². The highest BCUT2D eigenvalue weighted by atomic mass is 35.5. The molecule has 3 N–H and O–H groups in total. The lowest BCUT2D eigenvalue weighted by Crippen LogP contribution is -2.55. The molecule has 0 amide bonds. The van der Waals surface area contributed by atoms with Crippen molar-refractivity contribution in [1.29, 1.82) is 0 Å². The summed E-state index contributed by atoms with van der Waals surface area (Å²) in [6, 6.07) is 6.93. The van der Waals surface area contributed by atoms with E-state index in [4.69, 9.17) is 17.4 Å². The number of rotatable bonds is 4. The van der Waals surface area contributed by atoms with Crippen molar-refractivity contribution in [3.63, 3.8) is 0 Å². The summed E-state index contributed by atoms with van der Waals surface area (Å²) in [6.07, 6.45) is 0.866. The van der Waals surface area contributed by atoms with Crippen molar-refractivity contribution in [1.82, 2.24) is 10.3 Å². The van der Waals surface area contributed by atoms with E-state index < -0.39 is 0 Å². The largest absolute Gasteiger partial charge is 0.300 e. The van der Waals surface area contributed by atoms with Crippen molar-refractivity contribution in [2.24, 2.45) is 5.84 Å². The van der Waals surface area contributed by atoms with Gasteiger partial charge in [0.05, 0.1) is 0 Å². The van der Waals surface area contributed by atoms with Crippen molar-refractivity contribution >= 4 is 23.4 Å². The van der Waals surface area contributed by atoms with E-state index >= 15 is 0 Å². The van der Waals surface area contributed by atoms with Crippen LogP contribution < -0.4 is 11.3 Å². The Morgan fingerprint density at radius 1 is 1.58 bits per heavy atom. The van der Waals surface area contributed by atoms with E-state index in [1.54, 1.807) is 0 Å². The molecule has 106 valence electrons. The third-order valence-corrected chi connectivity index (χ3v) is 5.17. The molecule has 0 spiro atoms. The summed E-state index contributed by atoms with van der Waals surface area (Å²) in [5, 5.41) is 0.839. The first-order valence-electron chi connectivity index (χ1n) is 6.61. The van der Waals surface area contributed by atoms with Crippen molar-refractivity contribution in [3.8, 4) is 0 Å². The Morgan fingerprint density at radius 2 is 2.37 bits per heavy atom. The quantitative estimate of drug-likeness (QED) is 0.660. The first-order chi connectivity index (χ1) is 9.11. The third-order valence-electron chi connectivity index (χ3n) is 3.77. The molecule has 0 bridgehead atoms. The van der Waals surface area contributed by atoms with E-state index in [9.17, 15) is 0 Å². The van der Waals surface area contributed by atoms with Crippen LogP contribution in [0.25, 0.3) is 0 Å². The van der Waals surface area contributed by atoms with Crippen molar-refractivity contribution in [2.45, 2.75) is 25.4 Å². The molecule has 1 fully saturated rings. The highest BCUT2D eigenvalue weighted by Gasteiger charge is 2.27. The monoisotopic (exact) mass is 299 g/mol. The molecule has 0 radical (unpaired) electrons. The van der Waals surface area contributed by atoms with E-state index in [0.717, 1.165) is 23.7 Å². The molecule has 1 aliphatic heterocycles. The molecule has 0 aromatic heterocycles. The van der Waals surface area contributed by atoms with Gasteiger partial charge in [0.1, 0.15) is 0 Å². The second-order valence-electron chi connectivity index (χ2n) is 5.20. The Morgan fingerprint density at radius 3 is 3.00 bits per heavy atom. The lowest BCUT2D eigenvalue weighted by Gasteiger charge is -2.37. The number of benzene rings is 1. The number of hydrazine groups is 1. The van der Waals surface area contributed by atoms with Gasteiger partial charge in [0.25, 0.3) is 0 Å². The van der Waals surface area contributed by atoms with Crippen LogP contribution in [0.5, 0.6) is 0 Å². The molecule has 1 aliphatic rings. The van der Waals surface area contributed by atoms with E-state index in [1.807, 2.05) is 17.8 Å². The van der Waals surface area contributed by atoms with Crippen LogP contribution in [0.4, 0.5) is 0 Å². The number of thioether (sulfide) groups is 1. The molecule has 2 rings (SSSR count). The molecule has 3 nitrogen and oxygen atoms in total. The molecule has 2 atom stereocenters. The van der Waals surface area contributed by atoms with E-state index in [1.165, 1.54) is 16.9 Å². The second kappa shape index (κ2) is 6.95. The zero-order valence-electron chi connectivity index (χ0n) is 11.5. The molecule has 5 heteroatoms. The van der Waals surface area contributed by atoms with Gasteiger partial charge in [-0.1, -0.05) is 23.7 Å². The van der Waals surface area contributed by atoms with Gasteiger partial charge < -0.3 is 4.90 Å². The predicted octanol–water partition coefficient (Wildman–Crippen LogP) is 2.07. The highest BCUT2D eigenvalue weighted by Crippen LogP contribution is 2.23. The molecule has 0 saturated carbocycles. The highest BCUT2D eigenvalue weighted by molar-refractivity contribution is 7.99. The SMILES string of the molecule is Cc1ccc(CC(NN)C2CSCCN2C)c(Cl)c1. The van der Waals surface area contributed by atoms with Gasteiger partial charge in [-0.25, -0.2) is 0 Å². The lowest BCUT2D eigenvalue weighted by molar-refractivity contribution is 0.214. The number of hydrogen-bond acceptors (Lipinski definition) is 4. The standard InChI is InChI=1S/C14H22ClN3S/c1-10-3-4-11(12(15)7-10)8-13(17-16)14-9-19-6-5-18(14)2/h3-4,7,13-14,17H,5-6,8-9,16H2,1-2H3. The molecule has 0 aliphatic carbocycles. The van der Waals surface area contributed by atoms with Gasteiger partial charge in [-0.2, -0.15) is 11.8 Å². The molecule has 1 heterocycles. The van der Waals surface area contributed by atoms with Crippen LogP contribution in [-0.2, 0) is 6.42 Å². The average Bonchev–Trinajstić information content (AvgIpc) is 2.39. The fourth-order valence-electron chi connectivity index (χ4n) is 2.49. The van der Waals surface area contributed by atoms with Crippen LogP contribution >= 0.6 is 23.4 Å². The summed E-state index contributed by atoms with van der Waals surface area (Å²) in [4.78, 5) is 2.39. The van der Waals surface area contributed by atoms with Crippen LogP contribution in [0.2, 0.25) is 5.02 Å². The Balaban J connectivity index is 2.09. The summed E-state index contributed by atoms with van der Waals surface area (Å²) in [7, 11) is 2.17. The summed E-state index contributed by atoms with van der Waals surface area (Å²) in [5.41, 5.74) is 5.34. The number of aryl methyl sites for hydroxylation is 1. The van der Waals surface area contributed by atoms with Crippen LogP contribution in [0.3, 0.4) is 0 Å². The third kappa shape index (κ3) is 3.86. The Hall–Kier alpha value is -0.260. The van der Waals surface area contributed by atoms with Gasteiger partial charge in [-0.05, 0) is 37.6 Å². The van der Waals surface area contributed by atoms with Crippen molar-refractivity contribution in [2.75, 3.05) is 25.1 Å². The normalized spacial score (nSPS) is 22.4. The van der Waals surface area contributed by atoms with Crippen molar-refractivity contribution in [3.05, 3.63) is 34.3 Å². The topological polar surface area (TPSA) is 41.3 Å². The van der Waals surface area contributed by atoms with Crippen molar-refractivity contribution < 1.29 is 0 Å². The zero-order valence-corrected chi connectivity index (χ0v) is 13.1. The number of nitrogens with one attached hydrogen (secondary N) is 1. The van der Waals surface area contributed by atoms with Gasteiger partial charge in [0.2, 0.25) is 0 Å². The Bertz CT molecular complexity index is 427. The summed E-state index contributed by atoms with van der Waals surface area (Å²) >= 11 is 8.32. The fourth-order valence-corrected chi connectivity index (χ4v) is 4.11. The van der Waals surface area contributed by atoms with Gasteiger partial charge in [-0.15, -0.1) is 0 Å². The Kier molecular flexibility index (Phi) is 5.54. The maximum absolute atomic E-state index is 6.32. The maximum Gasteiger partial charge on any atom is 0.0441 e. The number of nitrogens with zero attached hydrogens (tertiary/aromatic N) is 1. The van der Waals surface area contributed by atoms with Crippen LogP contribution in [-0.4, -0.2) is 42.1 Å². The van der Waals surface area contributed by atoms with Gasteiger partial charge >= 0.3 is 0 Å². The summed E-state index contributed by atoms with van der Waals surface area (Å²) in [5.74, 6) is 8.09. The van der Waals surface area contributed by atoms with E-state index in [0.29, 0.717) is 6.04 Å². The smallest absolute Gasteiger partial charge is 0.0441 e. The summed E-state index contributed by atoms with van der Waals surface area (Å²) in [6.45, 7) is 3.18. The first kappa shape index (κ1) is 15.1. The molecule has 2 unspecified atom stereocenters. The van der Waals surface area contributed by atoms with Crippen LogP contribution in [0.1, 0.15) is 11.1 Å². The maximum atomic E-state index is 6.32. The second-order valence-corrected chi connectivity index (χ2v) is 6.75. The minimum atomic E-state index is 0.234. The first-order valence-corrected chi connectivity index (χ1v) is 8.14. The molecule has 1 aromatic carbocycles. The van der Waals surface area contributed by atoms with E-state index in [-0.39, 0.29) is 6.04 Å².